The molecule has 2 aromatic heterocycles. The Bertz CT molecular complexity index is 1270. The maximum Gasteiger partial charge on any atom is 0.210 e. The molecule has 0 spiro atoms. The van der Waals surface area contributed by atoms with Gasteiger partial charge in [-0.15, -0.1) is 0 Å². The van der Waals surface area contributed by atoms with Gasteiger partial charge in [-0.1, -0.05) is 48.5 Å². The van der Waals surface area contributed by atoms with Crippen LogP contribution in [-0.4, -0.2) is 23.1 Å². The van der Waals surface area contributed by atoms with Crippen molar-refractivity contribution in [3.05, 3.63) is 113 Å². The number of pyridine rings is 1. The van der Waals surface area contributed by atoms with Gasteiger partial charge in [0.05, 0.1) is 12.8 Å². The summed E-state index contributed by atoms with van der Waals surface area (Å²) in [5, 5.41) is 0. The molecule has 0 saturated carbocycles. The number of hydrogen-bond acceptors (Lipinski definition) is 3. The summed E-state index contributed by atoms with van der Waals surface area (Å²) < 4.78 is 7.07. The molecule has 0 saturated heterocycles. The molecular formula is C26H21NO3. The first-order valence-corrected chi connectivity index (χ1v) is 9.65. The molecule has 0 unspecified atom stereocenters. The summed E-state index contributed by atoms with van der Waals surface area (Å²) in [6, 6.07) is 22.2. The maximum absolute atomic E-state index is 13.2. The van der Waals surface area contributed by atoms with Crippen molar-refractivity contribution < 1.29 is 14.3 Å². The topological polar surface area (TPSA) is 47.8 Å². The van der Waals surface area contributed by atoms with Crippen LogP contribution in [0, 0.1) is 6.92 Å². The summed E-state index contributed by atoms with van der Waals surface area (Å²) in [6.07, 6.45) is 5.14. The molecule has 0 aliphatic rings. The zero-order valence-corrected chi connectivity index (χ0v) is 16.8. The molecule has 2 aromatic carbocycles. The van der Waals surface area contributed by atoms with Crippen molar-refractivity contribution in [1.29, 1.82) is 0 Å². The number of methoxy groups -OCH3 is 1. The molecule has 0 aliphatic heterocycles. The van der Waals surface area contributed by atoms with E-state index in [4.69, 9.17) is 4.74 Å². The number of ether oxygens (including phenoxy) is 1. The van der Waals surface area contributed by atoms with E-state index in [1.54, 1.807) is 25.3 Å². The van der Waals surface area contributed by atoms with Gasteiger partial charge in [-0.25, -0.2) is 0 Å². The van der Waals surface area contributed by atoms with Crippen molar-refractivity contribution in [1.82, 2.24) is 4.40 Å². The number of carbonyl (C=O) groups is 2. The van der Waals surface area contributed by atoms with Crippen LogP contribution in [0.25, 0.3) is 11.6 Å². The Morgan fingerprint density at radius 1 is 0.933 bits per heavy atom. The molecule has 4 heteroatoms. The number of benzene rings is 2. The summed E-state index contributed by atoms with van der Waals surface area (Å²) >= 11 is 0. The van der Waals surface area contributed by atoms with E-state index in [1.165, 1.54) is 6.08 Å². The van der Waals surface area contributed by atoms with Gasteiger partial charge in [0.15, 0.2) is 5.78 Å². The second-order valence-electron chi connectivity index (χ2n) is 7.00. The highest BCUT2D eigenvalue weighted by Crippen LogP contribution is 2.23. The highest BCUT2D eigenvalue weighted by molar-refractivity contribution is 6.14. The molecule has 148 valence electrons. The Balaban J connectivity index is 1.76. The van der Waals surface area contributed by atoms with Gasteiger partial charge in [-0.3, -0.25) is 9.59 Å². The molecule has 4 nitrogen and oxygen atoms in total. The number of carbonyl (C=O) groups excluding carboxylic acids is 2. The van der Waals surface area contributed by atoms with Crippen molar-refractivity contribution in [2.24, 2.45) is 0 Å². The summed E-state index contributed by atoms with van der Waals surface area (Å²) in [5.74, 6) is 0.466. The molecule has 4 rings (SSSR count). The van der Waals surface area contributed by atoms with E-state index in [9.17, 15) is 9.59 Å². The molecule has 0 bridgehead atoms. The van der Waals surface area contributed by atoms with Crippen LogP contribution in [0.2, 0.25) is 0 Å². The SMILES string of the molecule is COc1cccc(/C=C/C(=O)c2cc3cccn3c(C(=O)c3ccccc3)c2C)c1. The Hall–Kier alpha value is -3.92. The van der Waals surface area contributed by atoms with Crippen molar-refractivity contribution in [3.8, 4) is 5.75 Å². The van der Waals surface area contributed by atoms with Crippen molar-refractivity contribution in [2.45, 2.75) is 6.92 Å². The lowest BCUT2D eigenvalue weighted by Crippen LogP contribution is -2.13. The number of ketones is 2. The molecule has 2 heterocycles. The zero-order chi connectivity index (χ0) is 21.1. The van der Waals surface area contributed by atoms with E-state index < -0.39 is 0 Å². The molecule has 0 amide bonds. The minimum absolute atomic E-state index is 0.110. The van der Waals surface area contributed by atoms with Gasteiger partial charge in [0.1, 0.15) is 5.75 Å². The first kappa shape index (κ1) is 19.4. The summed E-state index contributed by atoms with van der Waals surface area (Å²) in [5.41, 5.74) is 3.93. The third-order valence-electron chi connectivity index (χ3n) is 5.11. The molecular weight excluding hydrogens is 374 g/mol. The van der Waals surface area contributed by atoms with Gasteiger partial charge in [0.2, 0.25) is 5.78 Å². The zero-order valence-electron chi connectivity index (χ0n) is 16.8. The highest BCUT2D eigenvalue weighted by Gasteiger charge is 2.20. The average Bonchev–Trinajstić information content (AvgIpc) is 3.25. The lowest BCUT2D eigenvalue weighted by Gasteiger charge is -2.13. The summed E-state index contributed by atoms with van der Waals surface area (Å²) in [4.78, 5) is 26.3. The van der Waals surface area contributed by atoms with Gasteiger partial charge >= 0.3 is 0 Å². The fourth-order valence-electron chi connectivity index (χ4n) is 3.55. The first-order valence-electron chi connectivity index (χ1n) is 9.65. The second-order valence-corrected chi connectivity index (χ2v) is 7.00. The number of rotatable bonds is 6. The fraction of sp³-hybridized carbons (Fsp3) is 0.0769. The fourth-order valence-corrected chi connectivity index (χ4v) is 3.55. The van der Waals surface area contributed by atoms with E-state index in [0.29, 0.717) is 22.4 Å². The van der Waals surface area contributed by atoms with Crippen molar-refractivity contribution >= 4 is 23.2 Å². The predicted molar refractivity (Wildman–Crippen MR) is 118 cm³/mol. The maximum atomic E-state index is 13.2. The number of fused-ring (bicyclic) bond motifs is 1. The largest absolute Gasteiger partial charge is 0.497 e. The Morgan fingerprint density at radius 2 is 1.73 bits per heavy atom. The van der Waals surface area contributed by atoms with Gasteiger partial charge in [-0.2, -0.15) is 0 Å². The van der Waals surface area contributed by atoms with Crippen LogP contribution in [0.4, 0.5) is 0 Å². The van der Waals surface area contributed by atoms with Gasteiger partial charge < -0.3 is 9.14 Å². The van der Waals surface area contributed by atoms with E-state index in [0.717, 1.165) is 16.8 Å². The summed E-state index contributed by atoms with van der Waals surface area (Å²) in [6.45, 7) is 1.82. The normalized spacial score (nSPS) is 11.1. The molecule has 0 atom stereocenters. The molecule has 30 heavy (non-hydrogen) atoms. The quantitative estimate of drug-likeness (QED) is 0.325. The van der Waals surface area contributed by atoms with Crippen LogP contribution in [0.15, 0.2) is 85.1 Å². The molecule has 0 radical (unpaired) electrons. The number of aromatic nitrogens is 1. The van der Waals surface area contributed by atoms with E-state index in [2.05, 4.69) is 0 Å². The van der Waals surface area contributed by atoms with Crippen LogP contribution in [0.1, 0.15) is 37.5 Å². The minimum atomic E-state index is -0.152. The Morgan fingerprint density at radius 3 is 2.50 bits per heavy atom. The lowest BCUT2D eigenvalue weighted by molar-refractivity contribution is 0.103. The van der Waals surface area contributed by atoms with Crippen LogP contribution in [0.5, 0.6) is 5.75 Å². The lowest BCUT2D eigenvalue weighted by atomic mass is 9.97. The van der Waals surface area contributed by atoms with Gasteiger partial charge in [0, 0.05) is 22.8 Å². The van der Waals surface area contributed by atoms with Gasteiger partial charge in [-0.05, 0) is 54.5 Å². The number of hydrogen-bond donors (Lipinski definition) is 0. The highest BCUT2D eigenvalue weighted by atomic mass is 16.5. The van der Waals surface area contributed by atoms with Crippen LogP contribution < -0.4 is 4.74 Å². The summed E-state index contributed by atoms with van der Waals surface area (Å²) in [7, 11) is 1.61. The molecule has 0 N–H and O–H groups in total. The van der Waals surface area contributed by atoms with Crippen molar-refractivity contribution in [3.63, 3.8) is 0 Å². The first-order chi connectivity index (χ1) is 14.6. The smallest absolute Gasteiger partial charge is 0.210 e. The number of allylic oxidation sites excluding steroid dienone is 1. The standard InChI is InChI=1S/C26H21NO3/c1-18-23(24(28)14-13-19-8-6-12-22(16-19)30-2)17-21-11-7-15-27(21)25(18)26(29)20-9-4-3-5-10-20/h3-17H,1-2H3/b14-13+. The average molecular weight is 395 g/mol. The van der Waals surface area contributed by atoms with Crippen molar-refractivity contribution in [2.75, 3.05) is 7.11 Å². The molecule has 4 aromatic rings. The van der Waals surface area contributed by atoms with Gasteiger partial charge in [0.25, 0.3) is 0 Å². The van der Waals surface area contributed by atoms with Crippen LogP contribution in [0.3, 0.4) is 0 Å². The second kappa shape index (κ2) is 8.21. The third-order valence-corrected chi connectivity index (χ3v) is 5.11. The minimum Gasteiger partial charge on any atom is -0.497 e. The van der Waals surface area contributed by atoms with E-state index in [1.807, 2.05) is 78.2 Å². The Labute approximate surface area is 175 Å². The van der Waals surface area contributed by atoms with E-state index in [-0.39, 0.29) is 11.6 Å². The number of nitrogens with zero attached hydrogens (tertiary/aromatic N) is 1. The van der Waals surface area contributed by atoms with E-state index >= 15 is 0 Å². The predicted octanol–water partition coefficient (Wildman–Crippen LogP) is 5.38. The van der Waals surface area contributed by atoms with Crippen LogP contribution in [-0.2, 0) is 0 Å². The monoisotopic (exact) mass is 395 g/mol. The Kier molecular flexibility index (Phi) is 5.31. The molecule has 0 aliphatic carbocycles. The van der Waals surface area contributed by atoms with Crippen LogP contribution >= 0.6 is 0 Å². The third kappa shape index (κ3) is 3.67. The molecule has 0 fully saturated rings.